The molecule has 0 aliphatic carbocycles. The zero-order valence-electron chi connectivity index (χ0n) is 17.4. The second-order valence-electron chi connectivity index (χ2n) is 6.51. The van der Waals surface area contributed by atoms with Gasteiger partial charge in [-0.1, -0.05) is 6.92 Å². The Labute approximate surface area is 176 Å². The van der Waals surface area contributed by atoms with Gasteiger partial charge in [-0.25, -0.2) is 0 Å². The van der Waals surface area contributed by atoms with Gasteiger partial charge in [0, 0.05) is 17.8 Å². The standard InChI is InChI=1S/C22H27N3O5/c1-4-13-25(22(28)16-5-9-18(29-2)10-6-16)15-21(27)23-14-20(26)24-17-7-11-19(30-3)12-8-17/h5-12H,4,13-15H2,1-3H3,(H,23,27)(H,24,26). The summed E-state index contributed by atoms with van der Waals surface area (Å²) in [7, 11) is 3.11. The van der Waals surface area contributed by atoms with Crippen molar-refractivity contribution in [2.75, 3.05) is 39.2 Å². The van der Waals surface area contributed by atoms with Crippen molar-refractivity contribution in [3.05, 3.63) is 54.1 Å². The van der Waals surface area contributed by atoms with E-state index in [1.54, 1.807) is 62.8 Å². The number of hydrogen-bond donors (Lipinski definition) is 2. The third-order valence-corrected chi connectivity index (χ3v) is 4.27. The molecule has 2 N–H and O–H groups in total. The number of carbonyl (C=O) groups excluding carboxylic acids is 3. The minimum absolute atomic E-state index is 0.130. The molecular weight excluding hydrogens is 386 g/mol. The fourth-order valence-electron chi connectivity index (χ4n) is 2.73. The number of rotatable bonds is 10. The first-order chi connectivity index (χ1) is 14.5. The van der Waals surface area contributed by atoms with E-state index < -0.39 is 5.91 Å². The molecule has 2 aromatic carbocycles. The van der Waals surface area contributed by atoms with Gasteiger partial charge in [-0.3, -0.25) is 14.4 Å². The van der Waals surface area contributed by atoms with Gasteiger partial charge in [0.25, 0.3) is 5.91 Å². The molecule has 160 valence electrons. The van der Waals surface area contributed by atoms with Gasteiger partial charge in [0.05, 0.1) is 27.3 Å². The summed E-state index contributed by atoms with van der Waals surface area (Å²) in [6, 6.07) is 13.6. The zero-order valence-corrected chi connectivity index (χ0v) is 17.4. The lowest BCUT2D eigenvalue weighted by Gasteiger charge is -2.21. The van der Waals surface area contributed by atoms with Gasteiger partial charge >= 0.3 is 0 Å². The van der Waals surface area contributed by atoms with Crippen molar-refractivity contribution in [3.63, 3.8) is 0 Å². The Morgan fingerprint density at radius 1 is 0.867 bits per heavy atom. The molecule has 0 aliphatic heterocycles. The van der Waals surface area contributed by atoms with Crippen LogP contribution in [0.25, 0.3) is 0 Å². The summed E-state index contributed by atoms with van der Waals surface area (Å²) in [6.07, 6.45) is 0.702. The molecule has 0 saturated carbocycles. The SMILES string of the molecule is CCCN(CC(=O)NCC(=O)Nc1ccc(OC)cc1)C(=O)c1ccc(OC)cc1. The van der Waals surface area contributed by atoms with E-state index in [1.807, 2.05) is 6.92 Å². The van der Waals surface area contributed by atoms with E-state index in [-0.39, 0.29) is 24.9 Å². The monoisotopic (exact) mass is 413 g/mol. The van der Waals surface area contributed by atoms with Crippen molar-refractivity contribution >= 4 is 23.4 Å². The maximum atomic E-state index is 12.7. The molecular formula is C22H27N3O5. The van der Waals surface area contributed by atoms with Crippen LogP contribution in [0.1, 0.15) is 23.7 Å². The van der Waals surface area contributed by atoms with E-state index in [9.17, 15) is 14.4 Å². The van der Waals surface area contributed by atoms with E-state index in [0.29, 0.717) is 35.7 Å². The first-order valence-electron chi connectivity index (χ1n) is 9.60. The minimum Gasteiger partial charge on any atom is -0.497 e. The average molecular weight is 413 g/mol. The summed E-state index contributed by atoms with van der Waals surface area (Å²) in [5.41, 5.74) is 1.06. The maximum absolute atomic E-state index is 12.7. The van der Waals surface area contributed by atoms with Crippen molar-refractivity contribution in [2.45, 2.75) is 13.3 Å². The largest absolute Gasteiger partial charge is 0.497 e. The average Bonchev–Trinajstić information content (AvgIpc) is 2.77. The number of methoxy groups -OCH3 is 2. The van der Waals surface area contributed by atoms with Crippen molar-refractivity contribution in [1.29, 1.82) is 0 Å². The number of benzene rings is 2. The molecule has 0 atom stereocenters. The van der Waals surface area contributed by atoms with E-state index in [4.69, 9.17) is 9.47 Å². The molecule has 2 rings (SSSR count). The molecule has 0 fully saturated rings. The Morgan fingerprint density at radius 3 is 1.97 bits per heavy atom. The number of ether oxygens (including phenoxy) is 2. The maximum Gasteiger partial charge on any atom is 0.254 e. The first-order valence-corrected chi connectivity index (χ1v) is 9.60. The first kappa shape index (κ1) is 22.7. The summed E-state index contributed by atoms with van der Waals surface area (Å²) < 4.78 is 10.2. The predicted octanol–water partition coefficient (Wildman–Crippen LogP) is 2.31. The van der Waals surface area contributed by atoms with Crippen molar-refractivity contribution in [3.8, 4) is 11.5 Å². The van der Waals surface area contributed by atoms with Gasteiger partial charge < -0.3 is 25.0 Å². The number of anilines is 1. The van der Waals surface area contributed by atoms with Crippen LogP contribution in [0.2, 0.25) is 0 Å². The second-order valence-corrected chi connectivity index (χ2v) is 6.51. The van der Waals surface area contributed by atoms with Crippen LogP contribution >= 0.6 is 0 Å². The Balaban J connectivity index is 1.87. The molecule has 0 unspecified atom stereocenters. The van der Waals surface area contributed by atoms with Crippen molar-refractivity contribution < 1.29 is 23.9 Å². The molecule has 0 heterocycles. The van der Waals surface area contributed by atoms with Gasteiger partial charge in [0.1, 0.15) is 11.5 Å². The smallest absolute Gasteiger partial charge is 0.254 e. The summed E-state index contributed by atoms with van der Waals surface area (Å²) in [5, 5.41) is 5.23. The Kier molecular flexibility index (Phi) is 8.68. The van der Waals surface area contributed by atoms with Gasteiger partial charge in [-0.05, 0) is 55.0 Å². The topological polar surface area (TPSA) is 97.0 Å². The van der Waals surface area contributed by atoms with Crippen LogP contribution < -0.4 is 20.1 Å². The molecule has 0 bridgehead atoms. The molecule has 8 heteroatoms. The summed E-state index contributed by atoms with van der Waals surface area (Å²) in [6.45, 7) is 2.03. The quantitative estimate of drug-likeness (QED) is 0.623. The summed E-state index contributed by atoms with van der Waals surface area (Å²) in [5.74, 6) is 0.303. The number of nitrogens with one attached hydrogen (secondary N) is 2. The fraction of sp³-hybridized carbons (Fsp3) is 0.318. The van der Waals surface area contributed by atoms with Gasteiger partial charge in [0.15, 0.2) is 0 Å². The van der Waals surface area contributed by atoms with E-state index >= 15 is 0 Å². The van der Waals surface area contributed by atoms with Crippen LogP contribution in [0.5, 0.6) is 11.5 Å². The minimum atomic E-state index is -0.407. The summed E-state index contributed by atoms with van der Waals surface area (Å²) >= 11 is 0. The fourth-order valence-corrected chi connectivity index (χ4v) is 2.73. The number of amides is 3. The van der Waals surface area contributed by atoms with Crippen LogP contribution in [-0.2, 0) is 9.59 Å². The molecule has 0 aliphatic rings. The lowest BCUT2D eigenvalue weighted by molar-refractivity contribution is -0.124. The molecule has 0 spiro atoms. The van der Waals surface area contributed by atoms with Gasteiger partial charge in [-0.15, -0.1) is 0 Å². The van der Waals surface area contributed by atoms with E-state index in [1.165, 1.54) is 4.90 Å². The van der Waals surface area contributed by atoms with Crippen LogP contribution in [-0.4, -0.2) is 56.5 Å². The summed E-state index contributed by atoms with van der Waals surface area (Å²) in [4.78, 5) is 38.5. The molecule has 0 radical (unpaired) electrons. The molecule has 0 aromatic heterocycles. The number of hydrogen-bond acceptors (Lipinski definition) is 5. The highest BCUT2D eigenvalue weighted by Crippen LogP contribution is 2.15. The van der Waals surface area contributed by atoms with Crippen molar-refractivity contribution in [1.82, 2.24) is 10.2 Å². The lowest BCUT2D eigenvalue weighted by Crippen LogP contribution is -2.43. The highest BCUT2D eigenvalue weighted by atomic mass is 16.5. The van der Waals surface area contributed by atoms with Crippen LogP contribution in [0.4, 0.5) is 5.69 Å². The number of carbonyl (C=O) groups is 3. The highest BCUT2D eigenvalue weighted by Gasteiger charge is 2.18. The third-order valence-electron chi connectivity index (χ3n) is 4.27. The number of nitrogens with zero attached hydrogens (tertiary/aromatic N) is 1. The van der Waals surface area contributed by atoms with Crippen LogP contribution in [0.3, 0.4) is 0 Å². The van der Waals surface area contributed by atoms with Crippen molar-refractivity contribution in [2.24, 2.45) is 0 Å². The molecule has 3 amide bonds. The third kappa shape index (κ3) is 6.80. The van der Waals surface area contributed by atoms with E-state index in [0.717, 1.165) is 0 Å². The Hall–Kier alpha value is -3.55. The second kappa shape index (κ2) is 11.5. The lowest BCUT2D eigenvalue weighted by atomic mass is 10.2. The van der Waals surface area contributed by atoms with Crippen LogP contribution in [0, 0.1) is 0 Å². The Morgan fingerprint density at radius 2 is 1.43 bits per heavy atom. The molecule has 2 aromatic rings. The predicted molar refractivity (Wildman–Crippen MR) is 114 cm³/mol. The zero-order chi connectivity index (χ0) is 21.9. The highest BCUT2D eigenvalue weighted by molar-refractivity contribution is 5.98. The van der Waals surface area contributed by atoms with Crippen LogP contribution in [0.15, 0.2) is 48.5 Å². The normalized spacial score (nSPS) is 10.1. The molecule has 0 saturated heterocycles. The molecule has 8 nitrogen and oxygen atoms in total. The van der Waals surface area contributed by atoms with Gasteiger partial charge in [-0.2, -0.15) is 0 Å². The Bertz CT molecular complexity index is 850. The van der Waals surface area contributed by atoms with E-state index in [2.05, 4.69) is 10.6 Å². The van der Waals surface area contributed by atoms with Gasteiger partial charge in [0.2, 0.25) is 11.8 Å². The molecule has 30 heavy (non-hydrogen) atoms.